The summed E-state index contributed by atoms with van der Waals surface area (Å²) in [5, 5.41) is 5.15. The molecule has 1 aromatic rings. The molecule has 0 bridgehead atoms. The molecule has 0 radical (unpaired) electrons. The van der Waals surface area contributed by atoms with Crippen molar-refractivity contribution in [1.29, 1.82) is 0 Å². The lowest BCUT2D eigenvalue weighted by atomic mass is 9.50. The van der Waals surface area contributed by atoms with E-state index in [0.717, 1.165) is 38.5 Å². The van der Waals surface area contributed by atoms with Crippen LogP contribution in [0.25, 0.3) is 0 Å². The summed E-state index contributed by atoms with van der Waals surface area (Å²) < 4.78 is 29.0. The zero-order valence-electron chi connectivity index (χ0n) is 19.3. The lowest BCUT2D eigenvalue weighted by molar-refractivity contribution is -0.116. The summed E-state index contributed by atoms with van der Waals surface area (Å²) in [6.07, 6.45) is 8.70. The maximum absolute atomic E-state index is 12.9. The van der Waals surface area contributed by atoms with Crippen LogP contribution >= 0.6 is 0 Å². The van der Waals surface area contributed by atoms with Gasteiger partial charge in [-0.05, 0) is 98.5 Å². The zero-order chi connectivity index (χ0) is 23.5. The van der Waals surface area contributed by atoms with E-state index in [4.69, 9.17) is 9.88 Å². The number of ether oxygens (including phenoxy) is 1. The largest absolute Gasteiger partial charge is 0.458 e. The van der Waals surface area contributed by atoms with Crippen LogP contribution in [0.2, 0.25) is 0 Å². The number of fused-ring (bicyclic) bond motifs is 5. The van der Waals surface area contributed by atoms with E-state index in [1.807, 2.05) is 6.08 Å². The number of carbonyl (C=O) groups is 2. The number of hydrogen-bond acceptors (Lipinski definition) is 5. The Morgan fingerprint density at radius 2 is 1.82 bits per heavy atom. The van der Waals surface area contributed by atoms with Gasteiger partial charge in [-0.2, -0.15) is 0 Å². The Hall–Kier alpha value is -1.99. The molecular formula is C26H33NO5S. The topological polar surface area (TPSA) is 104 Å². The van der Waals surface area contributed by atoms with Gasteiger partial charge in [-0.3, -0.25) is 4.79 Å². The third kappa shape index (κ3) is 3.87. The smallest absolute Gasteiger partial charge is 0.338 e. The number of carbonyl (C=O) groups excluding carboxylic acids is 2. The molecule has 0 aliphatic heterocycles. The van der Waals surface area contributed by atoms with Crippen LogP contribution in [0.3, 0.4) is 0 Å². The molecule has 0 saturated heterocycles. The summed E-state index contributed by atoms with van der Waals surface area (Å²) in [5.41, 5.74) is 1.69. The van der Waals surface area contributed by atoms with Gasteiger partial charge in [-0.25, -0.2) is 18.4 Å². The molecule has 0 amide bonds. The third-order valence-corrected chi connectivity index (χ3v) is 10.2. The van der Waals surface area contributed by atoms with Crippen molar-refractivity contribution in [1.82, 2.24) is 0 Å². The molecule has 5 rings (SSSR count). The Labute approximate surface area is 196 Å². The zero-order valence-corrected chi connectivity index (χ0v) is 20.1. The molecule has 7 heteroatoms. The minimum Gasteiger partial charge on any atom is -0.458 e. The number of esters is 1. The van der Waals surface area contributed by atoms with Gasteiger partial charge in [0.05, 0.1) is 10.5 Å². The number of hydrogen-bond donors (Lipinski definition) is 1. The van der Waals surface area contributed by atoms with Crippen molar-refractivity contribution in [2.75, 3.05) is 0 Å². The second-order valence-corrected chi connectivity index (χ2v) is 12.5. The maximum atomic E-state index is 12.9. The number of rotatable bonds is 3. The van der Waals surface area contributed by atoms with Crippen molar-refractivity contribution in [3.8, 4) is 0 Å². The van der Waals surface area contributed by atoms with E-state index in [1.54, 1.807) is 0 Å². The molecule has 178 valence electrons. The predicted molar refractivity (Wildman–Crippen MR) is 124 cm³/mol. The van der Waals surface area contributed by atoms with Crippen LogP contribution in [0, 0.1) is 35.0 Å². The summed E-state index contributed by atoms with van der Waals surface area (Å²) in [6, 6.07) is 5.63. The van der Waals surface area contributed by atoms with Gasteiger partial charge < -0.3 is 4.74 Å². The summed E-state index contributed by atoms with van der Waals surface area (Å²) in [7, 11) is -3.80. The summed E-state index contributed by atoms with van der Waals surface area (Å²) in [4.78, 5) is 24.9. The molecule has 0 aromatic heterocycles. The quantitative estimate of drug-likeness (QED) is 0.664. The highest BCUT2D eigenvalue weighted by Crippen LogP contribution is 2.63. The molecule has 3 saturated carbocycles. The second kappa shape index (κ2) is 8.05. The molecule has 7 atom stereocenters. The van der Waals surface area contributed by atoms with E-state index in [2.05, 4.69) is 13.8 Å². The minimum atomic E-state index is -3.80. The average Bonchev–Trinajstić information content (AvgIpc) is 3.10. The van der Waals surface area contributed by atoms with Crippen molar-refractivity contribution >= 4 is 21.8 Å². The molecule has 3 fully saturated rings. The number of benzene rings is 1. The molecule has 2 N–H and O–H groups in total. The fraction of sp³-hybridized carbons (Fsp3) is 0.615. The van der Waals surface area contributed by atoms with Crippen molar-refractivity contribution in [3.05, 3.63) is 41.5 Å². The molecule has 33 heavy (non-hydrogen) atoms. The van der Waals surface area contributed by atoms with Crippen molar-refractivity contribution < 1.29 is 22.7 Å². The summed E-state index contributed by atoms with van der Waals surface area (Å²) in [6.45, 7) is 4.57. The Bertz CT molecular complexity index is 1110. The van der Waals surface area contributed by atoms with Gasteiger partial charge in [-0.1, -0.05) is 19.4 Å². The summed E-state index contributed by atoms with van der Waals surface area (Å²) in [5.74, 6) is 2.66. The fourth-order valence-corrected chi connectivity index (χ4v) is 8.14. The van der Waals surface area contributed by atoms with E-state index in [-0.39, 0.29) is 22.2 Å². The number of nitrogens with two attached hydrogens (primary N) is 1. The lowest BCUT2D eigenvalue weighted by Gasteiger charge is -2.55. The normalized spacial score (nSPS) is 38.0. The fourth-order valence-electron chi connectivity index (χ4n) is 7.62. The third-order valence-electron chi connectivity index (χ3n) is 9.24. The Morgan fingerprint density at radius 3 is 2.52 bits per heavy atom. The van der Waals surface area contributed by atoms with Gasteiger partial charge >= 0.3 is 5.97 Å². The van der Waals surface area contributed by atoms with Crippen LogP contribution in [0.5, 0.6) is 0 Å². The van der Waals surface area contributed by atoms with Crippen LogP contribution in [0.4, 0.5) is 0 Å². The van der Waals surface area contributed by atoms with Crippen LogP contribution < -0.4 is 5.14 Å². The highest BCUT2D eigenvalue weighted by Gasteiger charge is 2.58. The maximum Gasteiger partial charge on any atom is 0.338 e. The molecule has 3 unspecified atom stereocenters. The highest BCUT2D eigenvalue weighted by molar-refractivity contribution is 7.89. The van der Waals surface area contributed by atoms with Gasteiger partial charge in [0, 0.05) is 11.8 Å². The van der Waals surface area contributed by atoms with E-state index in [1.165, 1.54) is 29.8 Å². The number of primary sulfonamides is 1. The van der Waals surface area contributed by atoms with Gasteiger partial charge in [0.15, 0.2) is 5.78 Å². The molecule has 4 aliphatic rings. The monoisotopic (exact) mass is 471 g/mol. The first-order chi connectivity index (χ1) is 15.6. The Morgan fingerprint density at radius 1 is 1.09 bits per heavy atom. The van der Waals surface area contributed by atoms with E-state index < -0.39 is 16.0 Å². The van der Waals surface area contributed by atoms with Crippen LogP contribution in [0.1, 0.15) is 69.2 Å². The first kappa shape index (κ1) is 22.8. The Kier molecular flexibility index (Phi) is 5.56. The summed E-state index contributed by atoms with van der Waals surface area (Å²) >= 11 is 0. The first-order valence-corrected chi connectivity index (χ1v) is 13.7. The number of allylic oxidation sites excluding steroid dienone is 1. The molecule has 0 heterocycles. The van der Waals surface area contributed by atoms with Gasteiger partial charge in [0.1, 0.15) is 6.10 Å². The van der Waals surface area contributed by atoms with Crippen LogP contribution in [0.15, 0.2) is 40.8 Å². The standard InChI is InChI=1S/C26H33NO5S/c1-15-13-22-20(19-8-5-17(28)14-21(15)19)11-12-26(2)23(22)9-10-24(26)32-25(29)16-3-6-18(7-4-16)33(27,30)31/h3-4,6-7,14-15,19-20,22-24H,5,8-13H2,1-2H3,(H2,27,30,31)/t15-,19+,20?,22?,23?,24-,26-/m0/s1. The molecular weight excluding hydrogens is 438 g/mol. The number of sulfonamides is 1. The molecule has 6 nitrogen and oxygen atoms in total. The van der Waals surface area contributed by atoms with Crippen LogP contribution in [-0.2, 0) is 19.6 Å². The molecule has 4 aliphatic carbocycles. The Balaban J connectivity index is 1.32. The molecule has 0 spiro atoms. The van der Waals surface area contributed by atoms with Crippen molar-refractivity contribution in [2.45, 2.75) is 69.8 Å². The first-order valence-electron chi connectivity index (χ1n) is 12.2. The second-order valence-electron chi connectivity index (χ2n) is 10.9. The van der Waals surface area contributed by atoms with Crippen molar-refractivity contribution in [2.24, 2.45) is 40.1 Å². The minimum absolute atomic E-state index is 0.0190. The number of ketones is 1. The predicted octanol–water partition coefficient (Wildman–Crippen LogP) is 4.25. The van der Waals surface area contributed by atoms with Gasteiger partial charge in [0.25, 0.3) is 0 Å². The van der Waals surface area contributed by atoms with Crippen molar-refractivity contribution in [3.63, 3.8) is 0 Å². The van der Waals surface area contributed by atoms with Gasteiger partial charge in [-0.15, -0.1) is 0 Å². The van der Waals surface area contributed by atoms with Gasteiger partial charge in [0.2, 0.25) is 10.0 Å². The van der Waals surface area contributed by atoms with E-state index in [9.17, 15) is 18.0 Å². The van der Waals surface area contributed by atoms with E-state index >= 15 is 0 Å². The SMILES string of the molecule is C[C@H]1CC2C(CC[C@@]3(C)C2CC[C@@H]3OC(=O)c2ccc(S(N)(=O)=O)cc2)[C@H]2CCC(=O)C=C12. The lowest BCUT2D eigenvalue weighted by Crippen LogP contribution is -2.49. The van der Waals surface area contributed by atoms with E-state index in [0.29, 0.717) is 41.6 Å². The average molecular weight is 472 g/mol. The highest BCUT2D eigenvalue weighted by atomic mass is 32.2. The molecule has 1 aromatic carbocycles. The van der Waals surface area contributed by atoms with Crippen LogP contribution in [-0.4, -0.2) is 26.3 Å².